The van der Waals surface area contributed by atoms with Crippen LogP contribution in [0.2, 0.25) is 0 Å². The summed E-state index contributed by atoms with van der Waals surface area (Å²) in [6.45, 7) is 6.35. The van der Waals surface area contributed by atoms with Crippen LogP contribution in [0.1, 0.15) is 48.7 Å². The number of benzene rings is 1. The molecule has 3 heterocycles. The van der Waals surface area contributed by atoms with Crippen molar-refractivity contribution in [2.75, 3.05) is 19.7 Å². The lowest BCUT2D eigenvalue weighted by molar-refractivity contribution is 0.0668. The van der Waals surface area contributed by atoms with Gasteiger partial charge >= 0.3 is 0 Å². The molecule has 2 aliphatic heterocycles. The highest BCUT2D eigenvalue weighted by molar-refractivity contribution is 5.97. The topological polar surface area (TPSA) is 60.2 Å². The number of carbonyl (C=O) groups is 1. The first-order chi connectivity index (χ1) is 11.6. The average Bonchev–Trinajstić information content (AvgIpc) is 3.23. The second-order valence-electron chi connectivity index (χ2n) is 7.29. The highest BCUT2D eigenvalue weighted by Gasteiger charge is 2.36. The first kappa shape index (κ1) is 15.2. The Morgan fingerprint density at radius 1 is 1.38 bits per heavy atom. The maximum absolute atomic E-state index is 13.1. The molecule has 1 unspecified atom stereocenters. The van der Waals surface area contributed by atoms with E-state index in [2.05, 4.69) is 30.2 Å². The molecular weight excluding hydrogens is 304 g/mol. The van der Waals surface area contributed by atoms with Gasteiger partial charge in [-0.3, -0.25) is 4.79 Å². The lowest BCUT2D eigenvalue weighted by Crippen LogP contribution is -2.41. The molecule has 0 radical (unpaired) electrons. The minimum atomic E-state index is -0.0449. The average molecular weight is 326 g/mol. The smallest absolute Gasteiger partial charge is 0.257 e. The number of carbonyl (C=O) groups excluding carboxylic acids is 1. The minimum absolute atomic E-state index is 0.0449. The van der Waals surface area contributed by atoms with Crippen LogP contribution in [-0.2, 0) is 5.41 Å². The molecule has 2 aromatic rings. The summed E-state index contributed by atoms with van der Waals surface area (Å²) in [7, 11) is 0. The van der Waals surface area contributed by atoms with Gasteiger partial charge in [-0.1, -0.05) is 31.2 Å². The second-order valence-corrected chi connectivity index (χ2v) is 7.29. The Morgan fingerprint density at radius 3 is 3.04 bits per heavy atom. The standard InChI is InChI=1S/C18H22N4O2/c1-18(2)12-24-16-14(6-3-7-15(16)18)17(23)21-9-4-5-13(11-21)22-10-8-19-20-22/h3,6-8,10,13H,4-5,9,11-12H2,1-2H3. The normalized spacial score (nSPS) is 22.1. The minimum Gasteiger partial charge on any atom is -0.492 e. The number of aromatic nitrogens is 3. The zero-order valence-corrected chi connectivity index (χ0v) is 14.1. The van der Waals surface area contributed by atoms with E-state index >= 15 is 0 Å². The molecule has 1 aromatic carbocycles. The quantitative estimate of drug-likeness (QED) is 0.850. The Balaban J connectivity index is 1.60. The van der Waals surface area contributed by atoms with Crippen LogP contribution < -0.4 is 4.74 Å². The molecule has 6 heteroatoms. The van der Waals surface area contributed by atoms with Crippen molar-refractivity contribution in [2.45, 2.75) is 38.1 Å². The first-order valence-corrected chi connectivity index (χ1v) is 8.47. The maximum Gasteiger partial charge on any atom is 0.257 e. The zero-order chi connectivity index (χ0) is 16.7. The fourth-order valence-corrected chi connectivity index (χ4v) is 3.66. The van der Waals surface area contributed by atoms with Crippen LogP contribution in [0.3, 0.4) is 0 Å². The Hall–Kier alpha value is -2.37. The molecule has 24 heavy (non-hydrogen) atoms. The molecule has 6 nitrogen and oxygen atoms in total. The number of hydrogen-bond donors (Lipinski definition) is 0. The number of piperidine rings is 1. The predicted molar refractivity (Wildman–Crippen MR) is 89.2 cm³/mol. The van der Waals surface area contributed by atoms with Crippen molar-refractivity contribution in [1.29, 1.82) is 0 Å². The van der Waals surface area contributed by atoms with E-state index in [1.54, 1.807) is 6.20 Å². The Kier molecular flexibility index (Phi) is 3.55. The summed E-state index contributed by atoms with van der Waals surface area (Å²) in [6, 6.07) is 6.09. The summed E-state index contributed by atoms with van der Waals surface area (Å²) in [5.41, 5.74) is 1.76. The second kappa shape index (κ2) is 5.61. The highest BCUT2D eigenvalue weighted by Crippen LogP contribution is 2.41. The molecule has 0 spiro atoms. The van der Waals surface area contributed by atoms with Crippen molar-refractivity contribution >= 4 is 5.91 Å². The van der Waals surface area contributed by atoms with E-state index in [0.717, 1.165) is 30.7 Å². The van der Waals surface area contributed by atoms with Gasteiger partial charge < -0.3 is 9.64 Å². The number of fused-ring (bicyclic) bond motifs is 1. The van der Waals surface area contributed by atoms with Crippen LogP contribution >= 0.6 is 0 Å². The summed E-state index contributed by atoms with van der Waals surface area (Å²) in [5.74, 6) is 0.810. The Labute approximate surface area is 141 Å². The fraction of sp³-hybridized carbons (Fsp3) is 0.500. The number of hydrogen-bond acceptors (Lipinski definition) is 4. The molecule has 4 rings (SSSR count). The lowest BCUT2D eigenvalue weighted by Gasteiger charge is -2.32. The molecule has 1 amide bonds. The van der Waals surface area contributed by atoms with Gasteiger partial charge in [0, 0.05) is 30.3 Å². The van der Waals surface area contributed by atoms with Crippen molar-refractivity contribution in [2.24, 2.45) is 0 Å². The highest BCUT2D eigenvalue weighted by atomic mass is 16.5. The number of amides is 1. The van der Waals surface area contributed by atoms with E-state index in [1.165, 1.54) is 0 Å². The van der Waals surface area contributed by atoms with Gasteiger partial charge in [0.25, 0.3) is 5.91 Å². The monoisotopic (exact) mass is 326 g/mol. The van der Waals surface area contributed by atoms with Crippen molar-refractivity contribution in [3.05, 3.63) is 41.7 Å². The SMILES string of the molecule is CC1(C)COc2c(C(=O)N3CCCC(n4ccnn4)C3)cccc21. The number of para-hydroxylation sites is 1. The van der Waals surface area contributed by atoms with E-state index in [9.17, 15) is 4.79 Å². The molecule has 0 saturated carbocycles. The van der Waals surface area contributed by atoms with Crippen LogP contribution in [0.4, 0.5) is 0 Å². The van der Waals surface area contributed by atoms with Crippen LogP contribution in [0, 0.1) is 0 Å². The number of ether oxygens (including phenoxy) is 1. The van der Waals surface area contributed by atoms with Crippen LogP contribution in [0.15, 0.2) is 30.6 Å². The van der Waals surface area contributed by atoms with Crippen molar-refractivity contribution < 1.29 is 9.53 Å². The third kappa shape index (κ3) is 2.46. The van der Waals surface area contributed by atoms with E-state index in [1.807, 2.05) is 27.9 Å². The van der Waals surface area contributed by atoms with Gasteiger partial charge in [-0.2, -0.15) is 0 Å². The first-order valence-electron chi connectivity index (χ1n) is 8.47. The Bertz CT molecular complexity index is 754. The van der Waals surface area contributed by atoms with Crippen LogP contribution in [-0.4, -0.2) is 45.5 Å². The molecule has 126 valence electrons. The molecule has 0 aliphatic carbocycles. The van der Waals surface area contributed by atoms with E-state index in [4.69, 9.17) is 4.74 Å². The molecule has 2 aliphatic rings. The summed E-state index contributed by atoms with van der Waals surface area (Å²) in [6.07, 6.45) is 5.53. The summed E-state index contributed by atoms with van der Waals surface area (Å²) < 4.78 is 7.74. The summed E-state index contributed by atoms with van der Waals surface area (Å²) in [5, 5.41) is 7.97. The fourth-order valence-electron chi connectivity index (χ4n) is 3.66. The van der Waals surface area contributed by atoms with Gasteiger partial charge in [0.05, 0.1) is 24.4 Å². The molecule has 1 aromatic heterocycles. The molecule has 0 bridgehead atoms. The van der Waals surface area contributed by atoms with Gasteiger partial charge in [-0.25, -0.2) is 4.68 Å². The van der Waals surface area contributed by atoms with Crippen LogP contribution in [0.25, 0.3) is 0 Å². The van der Waals surface area contributed by atoms with Crippen molar-refractivity contribution in [3.63, 3.8) is 0 Å². The van der Waals surface area contributed by atoms with Gasteiger partial charge in [0.1, 0.15) is 5.75 Å². The summed E-state index contributed by atoms with van der Waals surface area (Å²) in [4.78, 5) is 15.0. The molecule has 1 saturated heterocycles. The van der Waals surface area contributed by atoms with Crippen molar-refractivity contribution in [3.8, 4) is 5.75 Å². The van der Waals surface area contributed by atoms with E-state index in [0.29, 0.717) is 18.7 Å². The van der Waals surface area contributed by atoms with Gasteiger partial charge in [-0.15, -0.1) is 5.10 Å². The third-order valence-electron chi connectivity index (χ3n) is 5.05. The van der Waals surface area contributed by atoms with Gasteiger partial charge in [-0.05, 0) is 18.9 Å². The van der Waals surface area contributed by atoms with Crippen molar-refractivity contribution in [1.82, 2.24) is 19.9 Å². The lowest BCUT2D eigenvalue weighted by atomic mass is 9.86. The van der Waals surface area contributed by atoms with Gasteiger partial charge in [0.15, 0.2) is 0 Å². The zero-order valence-electron chi connectivity index (χ0n) is 14.1. The Morgan fingerprint density at radius 2 is 2.25 bits per heavy atom. The van der Waals surface area contributed by atoms with E-state index in [-0.39, 0.29) is 17.4 Å². The molecule has 1 fully saturated rings. The third-order valence-corrected chi connectivity index (χ3v) is 5.05. The summed E-state index contributed by atoms with van der Waals surface area (Å²) >= 11 is 0. The number of likely N-dealkylation sites (tertiary alicyclic amines) is 1. The molecule has 1 atom stereocenters. The number of nitrogens with zero attached hydrogens (tertiary/aromatic N) is 4. The predicted octanol–water partition coefficient (Wildman–Crippen LogP) is 2.43. The van der Waals surface area contributed by atoms with Gasteiger partial charge in [0.2, 0.25) is 0 Å². The maximum atomic E-state index is 13.1. The number of rotatable bonds is 2. The molecular formula is C18H22N4O2. The van der Waals surface area contributed by atoms with E-state index < -0.39 is 0 Å². The van der Waals surface area contributed by atoms with Crippen LogP contribution in [0.5, 0.6) is 5.75 Å². The molecule has 0 N–H and O–H groups in total. The largest absolute Gasteiger partial charge is 0.492 e.